The molecule has 0 aromatic carbocycles. The van der Waals surface area contributed by atoms with Gasteiger partial charge >= 0.3 is 0 Å². The smallest absolute Gasteiger partial charge is 0.0543 e. The average Bonchev–Trinajstić information content (AvgIpc) is 2.99. The van der Waals surface area contributed by atoms with Crippen LogP contribution in [0.1, 0.15) is 44.4 Å². The Hall–Kier alpha value is -1.11. The van der Waals surface area contributed by atoms with Crippen molar-refractivity contribution in [1.29, 1.82) is 0 Å². The Morgan fingerprint density at radius 1 is 1.33 bits per heavy atom. The first-order valence-corrected chi connectivity index (χ1v) is 5.89. The highest BCUT2D eigenvalue weighted by Crippen LogP contribution is 2.55. The summed E-state index contributed by atoms with van der Waals surface area (Å²) in [7, 11) is 0. The van der Waals surface area contributed by atoms with Gasteiger partial charge in [0.05, 0.1) is 5.69 Å². The van der Waals surface area contributed by atoms with Crippen LogP contribution in [-0.4, -0.2) is 4.98 Å². The maximum Gasteiger partial charge on any atom is 0.0543 e. The highest BCUT2D eigenvalue weighted by Gasteiger charge is 2.47. The SMILES string of the molecule is CC(C)C1=CCC2(CC2)c2ncccc21. The first kappa shape index (κ1) is 9.14. The van der Waals surface area contributed by atoms with Gasteiger partial charge < -0.3 is 0 Å². The van der Waals surface area contributed by atoms with Crippen LogP contribution in [-0.2, 0) is 5.41 Å². The molecule has 0 N–H and O–H groups in total. The molecule has 1 fully saturated rings. The second-order valence-corrected chi connectivity index (χ2v) is 5.20. The lowest BCUT2D eigenvalue weighted by atomic mass is 9.80. The standard InChI is InChI=1S/C14H17N/c1-10(2)11-5-6-14(7-8-14)13-12(11)4-3-9-15-13/h3-5,9-10H,6-8H2,1-2H3. The molecular weight excluding hydrogens is 182 g/mol. The van der Waals surface area contributed by atoms with E-state index in [-0.39, 0.29) is 0 Å². The van der Waals surface area contributed by atoms with E-state index in [2.05, 4.69) is 37.0 Å². The molecule has 0 atom stereocenters. The van der Waals surface area contributed by atoms with Crippen molar-refractivity contribution in [1.82, 2.24) is 4.98 Å². The van der Waals surface area contributed by atoms with Gasteiger partial charge in [0.25, 0.3) is 0 Å². The predicted molar refractivity (Wildman–Crippen MR) is 62.6 cm³/mol. The van der Waals surface area contributed by atoms with Gasteiger partial charge in [-0.3, -0.25) is 4.98 Å². The molecule has 0 aliphatic heterocycles. The molecule has 1 saturated carbocycles. The second-order valence-electron chi connectivity index (χ2n) is 5.20. The Bertz CT molecular complexity index is 425. The number of aromatic nitrogens is 1. The number of nitrogens with zero attached hydrogens (tertiary/aromatic N) is 1. The van der Waals surface area contributed by atoms with E-state index in [1.54, 1.807) is 0 Å². The Balaban J connectivity index is 2.15. The van der Waals surface area contributed by atoms with Crippen molar-refractivity contribution in [3.8, 4) is 0 Å². The highest BCUT2D eigenvalue weighted by atomic mass is 14.7. The molecule has 2 aliphatic rings. The molecule has 0 radical (unpaired) electrons. The van der Waals surface area contributed by atoms with Crippen molar-refractivity contribution in [2.75, 3.05) is 0 Å². The van der Waals surface area contributed by atoms with E-state index in [0.29, 0.717) is 11.3 Å². The van der Waals surface area contributed by atoms with Gasteiger partial charge in [0.15, 0.2) is 0 Å². The molecule has 0 unspecified atom stereocenters. The molecule has 0 amide bonds. The number of hydrogen-bond acceptors (Lipinski definition) is 1. The Morgan fingerprint density at radius 2 is 2.13 bits per heavy atom. The fourth-order valence-corrected chi connectivity index (χ4v) is 2.71. The minimum Gasteiger partial charge on any atom is -0.260 e. The molecule has 0 bridgehead atoms. The van der Waals surface area contributed by atoms with Crippen molar-refractivity contribution in [2.24, 2.45) is 5.92 Å². The normalized spacial score (nSPS) is 21.4. The lowest BCUT2D eigenvalue weighted by molar-refractivity contribution is 0.656. The number of pyridine rings is 1. The van der Waals surface area contributed by atoms with Crippen molar-refractivity contribution in [3.63, 3.8) is 0 Å². The Kier molecular flexibility index (Phi) is 1.79. The van der Waals surface area contributed by atoms with Gasteiger partial charge in [0, 0.05) is 11.6 Å². The minimum absolute atomic E-state index is 0.439. The summed E-state index contributed by atoms with van der Waals surface area (Å²) < 4.78 is 0. The first-order chi connectivity index (χ1) is 7.23. The lowest BCUT2D eigenvalue weighted by Gasteiger charge is -2.26. The molecule has 2 aliphatic carbocycles. The van der Waals surface area contributed by atoms with E-state index in [4.69, 9.17) is 0 Å². The van der Waals surface area contributed by atoms with Gasteiger partial charge in [-0.15, -0.1) is 0 Å². The third-order valence-electron chi connectivity index (χ3n) is 3.81. The fourth-order valence-electron chi connectivity index (χ4n) is 2.71. The van der Waals surface area contributed by atoms with Crippen molar-refractivity contribution >= 4 is 5.57 Å². The van der Waals surface area contributed by atoms with Crippen LogP contribution in [0.2, 0.25) is 0 Å². The Labute approximate surface area is 91.2 Å². The molecule has 1 aromatic rings. The zero-order chi connectivity index (χ0) is 10.5. The molecular formula is C14H17N. The molecule has 1 spiro atoms. The summed E-state index contributed by atoms with van der Waals surface area (Å²) in [6.45, 7) is 4.54. The Morgan fingerprint density at radius 3 is 2.80 bits per heavy atom. The van der Waals surface area contributed by atoms with E-state index >= 15 is 0 Å². The van der Waals surface area contributed by atoms with Gasteiger partial charge in [-0.05, 0) is 42.4 Å². The number of hydrogen-bond donors (Lipinski definition) is 0. The van der Waals surface area contributed by atoms with E-state index in [9.17, 15) is 0 Å². The summed E-state index contributed by atoms with van der Waals surface area (Å²) in [6, 6.07) is 4.31. The van der Waals surface area contributed by atoms with Gasteiger partial charge in [-0.2, -0.15) is 0 Å². The second kappa shape index (κ2) is 2.94. The summed E-state index contributed by atoms with van der Waals surface area (Å²) in [6.07, 6.45) is 8.27. The minimum atomic E-state index is 0.439. The summed E-state index contributed by atoms with van der Waals surface area (Å²) >= 11 is 0. The topological polar surface area (TPSA) is 12.9 Å². The van der Waals surface area contributed by atoms with Crippen LogP contribution in [0.5, 0.6) is 0 Å². The van der Waals surface area contributed by atoms with Crippen LogP contribution in [0.15, 0.2) is 24.4 Å². The van der Waals surface area contributed by atoms with Crippen LogP contribution >= 0.6 is 0 Å². The largest absolute Gasteiger partial charge is 0.260 e. The molecule has 1 aromatic heterocycles. The quantitative estimate of drug-likeness (QED) is 0.674. The van der Waals surface area contributed by atoms with E-state index in [1.807, 2.05) is 6.20 Å². The summed E-state index contributed by atoms with van der Waals surface area (Å²) in [5, 5.41) is 0. The number of allylic oxidation sites excluding steroid dienone is 2. The summed E-state index contributed by atoms with van der Waals surface area (Å²) in [5.74, 6) is 0.615. The monoisotopic (exact) mass is 199 g/mol. The van der Waals surface area contributed by atoms with Gasteiger partial charge in [0.2, 0.25) is 0 Å². The molecule has 1 heteroatoms. The van der Waals surface area contributed by atoms with E-state index < -0.39 is 0 Å². The first-order valence-electron chi connectivity index (χ1n) is 5.89. The van der Waals surface area contributed by atoms with Gasteiger partial charge in [-0.25, -0.2) is 0 Å². The van der Waals surface area contributed by atoms with Crippen LogP contribution in [0, 0.1) is 5.92 Å². The van der Waals surface area contributed by atoms with Gasteiger partial charge in [-0.1, -0.05) is 26.0 Å². The molecule has 78 valence electrons. The molecule has 3 rings (SSSR count). The molecule has 1 nitrogen and oxygen atoms in total. The summed E-state index contributed by atoms with van der Waals surface area (Å²) in [5.41, 5.74) is 4.72. The zero-order valence-corrected chi connectivity index (χ0v) is 9.46. The van der Waals surface area contributed by atoms with Gasteiger partial charge in [0.1, 0.15) is 0 Å². The van der Waals surface area contributed by atoms with Crippen LogP contribution < -0.4 is 0 Å². The molecule has 1 heterocycles. The fraction of sp³-hybridized carbons (Fsp3) is 0.500. The highest BCUT2D eigenvalue weighted by molar-refractivity contribution is 5.72. The van der Waals surface area contributed by atoms with Crippen molar-refractivity contribution in [2.45, 2.75) is 38.5 Å². The summed E-state index contributed by atoms with van der Waals surface area (Å²) in [4.78, 5) is 4.63. The maximum atomic E-state index is 4.63. The predicted octanol–water partition coefficient (Wildman–Crippen LogP) is 3.56. The van der Waals surface area contributed by atoms with Crippen LogP contribution in [0.4, 0.5) is 0 Å². The van der Waals surface area contributed by atoms with Crippen LogP contribution in [0.25, 0.3) is 5.57 Å². The lowest BCUT2D eigenvalue weighted by Crippen LogP contribution is -2.16. The number of rotatable bonds is 1. The van der Waals surface area contributed by atoms with E-state index in [0.717, 1.165) is 0 Å². The zero-order valence-electron chi connectivity index (χ0n) is 9.46. The van der Waals surface area contributed by atoms with E-state index in [1.165, 1.54) is 36.1 Å². The third kappa shape index (κ3) is 1.26. The number of fused-ring (bicyclic) bond motifs is 2. The third-order valence-corrected chi connectivity index (χ3v) is 3.81. The van der Waals surface area contributed by atoms with Crippen molar-refractivity contribution < 1.29 is 0 Å². The molecule has 15 heavy (non-hydrogen) atoms. The average molecular weight is 199 g/mol. The molecule has 0 saturated heterocycles. The maximum absolute atomic E-state index is 4.63. The van der Waals surface area contributed by atoms with Crippen molar-refractivity contribution in [3.05, 3.63) is 35.7 Å². The van der Waals surface area contributed by atoms with Crippen LogP contribution in [0.3, 0.4) is 0 Å².